The molecule has 1 unspecified atom stereocenters. The minimum atomic E-state index is 0.896. The molecule has 0 radical (unpaired) electrons. The molecule has 1 aliphatic rings. The summed E-state index contributed by atoms with van der Waals surface area (Å²) in [4.78, 5) is 6.93. The second-order valence-corrected chi connectivity index (χ2v) is 4.58. The molecule has 1 N–H and O–H groups in total. The highest BCUT2D eigenvalue weighted by atomic mass is 15.1. The fourth-order valence-electron chi connectivity index (χ4n) is 2.34. The molecule has 3 heteroatoms. The summed E-state index contributed by atoms with van der Waals surface area (Å²) >= 11 is 0. The number of pyridine rings is 1. The summed E-state index contributed by atoms with van der Waals surface area (Å²) in [6, 6.07) is 4.14. The van der Waals surface area contributed by atoms with E-state index in [-0.39, 0.29) is 0 Å². The zero-order valence-corrected chi connectivity index (χ0v) is 10.2. The maximum absolute atomic E-state index is 4.42. The van der Waals surface area contributed by atoms with Crippen molar-refractivity contribution in [3.63, 3.8) is 0 Å². The molecule has 1 atom stereocenters. The molecule has 16 heavy (non-hydrogen) atoms. The first-order chi connectivity index (χ1) is 7.81. The van der Waals surface area contributed by atoms with Crippen LogP contribution in [0.3, 0.4) is 0 Å². The molecule has 88 valence electrons. The Morgan fingerprint density at radius 3 is 3.12 bits per heavy atom. The Morgan fingerprint density at radius 2 is 2.44 bits per heavy atom. The van der Waals surface area contributed by atoms with Crippen molar-refractivity contribution in [2.45, 2.75) is 26.3 Å². The third-order valence-electron chi connectivity index (χ3n) is 3.44. The Bertz CT molecular complexity index is 338. The summed E-state index contributed by atoms with van der Waals surface area (Å²) in [5, 5.41) is 3.15. The number of nitrogens with zero attached hydrogens (tertiary/aromatic N) is 2. The highest BCUT2D eigenvalue weighted by Crippen LogP contribution is 2.20. The molecule has 1 aromatic rings. The van der Waals surface area contributed by atoms with Crippen LogP contribution >= 0.6 is 0 Å². The van der Waals surface area contributed by atoms with E-state index in [2.05, 4.69) is 28.2 Å². The monoisotopic (exact) mass is 219 g/mol. The van der Waals surface area contributed by atoms with Crippen LogP contribution in [0.2, 0.25) is 0 Å². The second kappa shape index (κ2) is 5.30. The zero-order chi connectivity index (χ0) is 11.4. The van der Waals surface area contributed by atoms with Gasteiger partial charge in [-0.05, 0) is 31.0 Å². The zero-order valence-electron chi connectivity index (χ0n) is 10.2. The van der Waals surface area contributed by atoms with Gasteiger partial charge in [-0.25, -0.2) is 0 Å². The lowest BCUT2D eigenvalue weighted by molar-refractivity contribution is 0.311. The number of rotatable bonds is 4. The first-order valence-electron chi connectivity index (χ1n) is 6.17. The highest BCUT2D eigenvalue weighted by molar-refractivity contribution is 5.42. The molecule has 2 heterocycles. The molecule has 3 nitrogen and oxygen atoms in total. The average molecular weight is 219 g/mol. The van der Waals surface area contributed by atoms with Crippen LogP contribution in [0.1, 0.15) is 25.5 Å². The van der Waals surface area contributed by atoms with E-state index in [0.717, 1.165) is 18.2 Å². The van der Waals surface area contributed by atoms with Crippen LogP contribution in [0.5, 0.6) is 0 Å². The van der Waals surface area contributed by atoms with E-state index in [9.17, 15) is 0 Å². The lowest BCUT2D eigenvalue weighted by Gasteiger charge is -2.15. The normalized spacial score (nSPS) is 21.2. The van der Waals surface area contributed by atoms with Gasteiger partial charge in [-0.2, -0.15) is 0 Å². The van der Waals surface area contributed by atoms with Gasteiger partial charge >= 0.3 is 0 Å². The van der Waals surface area contributed by atoms with E-state index in [1.165, 1.54) is 31.6 Å². The number of hydrogen-bond donors (Lipinski definition) is 1. The number of aromatic nitrogens is 1. The van der Waals surface area contributed by atoms with Gasteiger partial charge in [0.05, 0.1) is 5.69 Å². The van der Waals surface area contributed by atoms with Gasteiger partial charge in [0.1, 0.15) is 0 Å². The summed E-state index contributed by atoms with van der Waals surface area (Å²) in [5.41, 5.74) is 2.32. The van der Waals surface area contributed by atoms with E-state index < -0.39 is 0 Å². The topological polar surface area (TPSA) is 28.2 Å². The number of hydrogen-bond acceptors (Lipinski definition) is 3. The van der Waals surface area contributed by atoms with E-state index in [1.807, 2.05) is 19.3 Å². The predicted octanol–water partition coefficient (Wildman–Crippen LogP) is 2.36. The molecular formula is C13H21N3. The molecule has 1 saturated heterocycles. The largest absolute Gasteiger partial charge is 0.388 e. The van der Waals surface area contributed by atoms with Crippen LogP contribution in [-0.4, -0.2) is 30.0 Å². The summed E-state index contributed by atoms with van der Waals surface area (Å²) in [7, 11) is 1.95. The van der Waals surface area contributed by atoms with Crippen molar-refractivity contribution in [2.75, 3.05) is 25.5 Å². The van der Waals surface area contributed by atoms with Crippen LogP contribution in [-0.2, 0) is 6.54 Å². The molecule has 2 rings (SSSR count). The first-order valence-corrected chi connectivity index (χ1v) is 6.17. The Balaban J connectivity index is 1.94. The molecule has 0 amide bonds. The van der Waals surface area contributed by atoms with Crippen LogP contribution in [0.15, 0.2) is 18.3 Å². The number of likely N-dealkylation sites (tertiary alicyclic amines) is 1. The standard InChI is InChI=1S/C13H21N3/c1-3-11-5-7-16(9-11)10-13-8-12(14-2)4-6-15-13/h4,6,8,11H,3,5,7,9-10H2,1-2H3,(H,14,15). The van der Waals surface area contributed by atoms with Gasteiger partial charge in [-0.15, -0.1) is 0 Å². The molecule has 1 aromatic heterocycles. The van der Waals surface area contributed by atoms with Crippen LogP contribution < -0.4 is 5.32 Å². The highest BCUT2D eigenvalue weighted by Gasteiger charge is 2.20. The van der Waals surface area contributed by atoms with Crippen molar-refractivity contribution in [3.05, 3.63) is 24.0 Å². The van der Waals surface area contributed by atoms with Gasteiger partial charge in [-0.1, -0.05) is 13.3 Å². The maximum Gasteiger partial charge on any atom is 0.0564 e. The van der Waals surface area contributed by atoms with Gasteiger partial charge in [0.2, 0.25) is 0 Å². The third kappa shape index (κ3) is 2.73. The number of nitrogens with one attached hydrogen (secondary N) is 1. The molecular weight excluding hydrogens is 198 g/mol. The summed E-state index contributed by atoms with van der Waals surface area (Å²) in [6.07, 6.45) is 4.54. The second-order valence-electron chi connectivity index (χ2n) is 4.58. The fraction of sp³-hybridized carbons (Fsp3) is 0.615. The quantitative estimate of drug-likeness (QED) is 0.842. The van der Waals surface area contributed by atoms with Crippen molar-refractivity contribution in [2.24, 2.45) is 5.92 Å². The van der Waals surface area contributed by atoms with Crippen molar-refractivity contribution in [1.82, 2.24) is 9.88 Å². The summed E-state index contributed by atoms with van der Waals surface area (Å²) in [5.74, 6) is 0.896. The minimum absolute atomic E-state index is 0.896. The Kier molecular flexibility index (Phi) is 3.78. The Hall–Kier alpha value is -1.09. The molecule has 1 aliphatic heterocycles. The number of anilines is 1. The molecule has 0 aliphatic carbocycles. The Morgan fingerprint density at radius 1 is 1.56 bits per heavy atom. The van der Waals surface area contributed by atoms with Crippen molar-refractivity contribution in [3.8, 4) is 0 Å². The third-order valence-corrected chi connectivity index (χ3v) is 3.44. The SMILES string of the molecule is CCC1CCN(Cc2cc(NC)ccn2)C1. The van der Waals surface area contributed by atoms with Gasteiger partial charge in [0, 0.05) is 32.0 Å². The maximum atomic E-state index is 4.42. The van der Waals surface area contributed by atoms with Crippen LogP contribution in [0, 0.1) is 5.92 Å². The van der Waals surface area contributed by atoms with Gasteiger partial charge in [0.25, 0.3) is 0 Å². The first kappa shape index (κ1) is 11.4. The van der Waals surface area contributed by atoms with Crippen molar-refractivity contribution < 1.29 is 0 Å². The van der Waals surface area contributed by atoms with Gasteiger partial charge in [0.15, 0.2) is 0 Å². The van der Waals surface area contributed by atoms with Crippen molar-refractivity contribution >= 4 is 5.69 Å². The van der Waals surface area contributed by atoms with Gasteiger partial charge < -0.3 is 5.32 Å². The van der Waals surface area contributed by atoms with E-state index in [4.69, 9.17) is 0 Å². The molecule has 0 bridgehead atoms. The van der Waals surface area contributed by atoms with Crippen LogP contribution in [0.25, 0.3) is 0 Å². The van der Waals surface area contributed by atoms with E-state index >= 15 is 0 Å². The molecule has 0 spiro atoms. The van der Waals surface area contributed by atoms with E-state index in [0.29, 0.717) is 0 Å². The van der Waals surface area contributed by atoms with E-state index in [1.54, 1.807) is 0 Å². The molecule has 1 fully saturated rings. The van der Waals surface area contributed by atoms with Gasteiger partial charge in [-0.3, -0.25) is 9.88 Å². The predicted molar refractivity (Wildman–Crippen MR) is 67.5 cm³/mol. The van der Waals surface area contributed by atoms with Crippen molar-refractivity contribution in [1.29, 1.82) is 0 Å². The fourth-order valence-corrected chi connectivity index (χ4v) is 2.34. The lowest BCUT2D eigenvalue weighted by Crippen LogP contribution is -2.20. The van der Waals surface area contributed by atoms with Crippen LogP contribution in [0.4, 0.5) is 5.69 Å². The summed E-state index contributed by atoms with van der Waals surface area (Å²) in [6.45, 7) is 5.74. The minimum Gasteiger partial charge on any atom is -0.388 e. The summed E-state index contributed by atoms with van der Waals surface area (Å²) < 4.78 is 0. The average Bonchev–Trinajstić information content (AvgIpc) is 2.77. The molecule has 0 aromatic carbocycles. The Labute approximate surface area is 97.9 Å². The smallest absolute Gasteiger partial charge is 0.0564 e. The lowest BCUT2D eigenvalue weighted by atomic mass is 10.1. The molecule has 0 saturated carbocycles.